The molecule has 0 fully saturated rings. The van der Waals surface area contributed by atoms with Gasteiger partial charge in [0, 0.05) is 22.7 Å². The quantitative estimate of drug-likeness (QED) is 0.324. The van der Waals surface area contributed by atoms with Crippen LogP contribution in [0.5, 0.6) is 0 Å². The van der Waals surface area contributed by atoms with Gasteiger partial charge in [-0.2, -0.15) is 4.57 Å². The van der Waals surface area contributed by atoms with Crippen LogP contribution in [0.4, 0.5) is 5.69 Å². The van der Waals surface area contributed by atoms with E-state index in [-0.39, 0.29) is 5.76 Å². The highest BCUT2D eigenvalue weighted by Crippen LogP contribution is 2.21. The lowest BCUT2D eigenvalue weighted by molar-refractivity contribution is -0.577. The van der Waals surface area contributed by atoms with E-state index >= 15 is 0 Å². The van der Waals surface area contributed by atoms with E-state index in [0.29, 0.717) is 15.6 Å². The van der Waals surface area contributed by atoms with Crippen LogP contribution in [0.15, 0.2) is 72.4 Å². The minimum atomic E-state index is -0.0890. The molecule has 126 valence electrons. The average molecular weight is 367 g/mol. The summed E-state index contributed by atoms with van der Waals surface area (Å²) in [5.41, 5.74) is 2.57. The topological polar surface area (TPSA) is 39.0 Å². The first-order chi connectivity index (χ1) is 12.2. The molecule has 3 aromatic rings. The number of hydrogen-bond acceptors (Lipinski definition) is 3. The molecule has 25 heavy (non-hydrogen) atoms. The van der Waals surface area contributed by atoms with Crippen LogP contribution >= 0.6 is 23.6 Å². The van der Waals surface area contributed by atoms with Gasteiger partial charge in [-0.1, -0.05) is 43.4 Å². The monoisotopic (exact) mass is 366 g/mol. The van der Waals surface area contributed by atoms with Gasteiger partial charge >= 0.3 is 0 Å². The summed E-state index contributed by atoms with van der Waals surface area (Å²) < 4.78 is 1.76. The van der Waals surface area contributed by atoms with Crippen molar-refractivity contribution in [3.05, 3.63) is 82.8 Å². The first kappa shape index (κ1) is 17.3. The van der Waals surface area contributed by atoms with Crippen molar-refractivity contribution in [2.75, 3.05) is 5.32 Å². The van der Waals surface area contributed by atoms with Crippen molar-refractivity contribution in [2.45, 2.75) is 13.3 Å². The van der Waals surface area contributed by atoms with E-state index in [0.717, 1.165) is 12.1 Å². The summed E-state index contributed by atoms with van der Waals surface area (Å²) >= 11 is 6.98. The lowest BCUT2D eigenvalue weighted by atomic mass is 10.1. The fraction of sp³-hybridized carbons (Fsp3) is 0.100. The van der Waals surface area contributed by atoms with E-state index in [1.807, 2.05) is 60.2 Å². The SMILES string of the molecule is CCc1ccc(NC(=S)C(=C([O-])c2cccs2)[n+]2ccccc2)cc1. The van der Waals surface area contributed by atoms with Crippen molar-refractivity contribution >= 4 is 45.7 Å². The molecule has 0 saturated heterocycles. The van der Waals surface area contributed by atoms with Gasteiger partial charge < -0.3 is 10.4 Å². The van der Waals surface area contributed by atoms with Gasteiger partial charge in [-0.15, -0.1) is 11.3 Å². The van der Waals surface area contributed by atoms with Crippen LogP contribution in [0, 0.1) is 0 Å². The molecular weight excluding hydrogens is 348 g/mol. The Morgan fingerprint density at radius 2 is 1.80 bits per heavy atom. The van der Waals surface area contributed by atoms with Gasteiger partial charge in [-0.25, -0.2) is 0 Å². The molecule has 0 radical (unpaired) electrons. The fourth-order valence-corrected chi connectivity index (χ4v) is 3.40. The normalized spacial score (nSPS) is 11.7. The van der Waals surface area contributed by atoms with Crippen LogP contribution in [-0.4, -0.2) is 4.99 Å². The number of pyridine rings is 1. The van der Waals surface area contributed by atoms with Crippen LogP contribution in [-0.2, 0) is 6.42 Å². The lowest BCUT2D eigenvalue weighted by Crippen LogP contribution is -2.39. The number of hydrogen-bond donors (Lipinski definition) is 1. The maximum absolute atomic E-state index is 13.0. The van der Waals surface area contributed by atoms with Gasteiger partial charge in [0.2, 0.25) is 5.70 Å². The van der Waals surface area contributed by atoms with Gasteiger partial charge in [0.15, 0.2) is 17.4 Å². The predicted octanol–water partition coefficient (Wildman–Crippen LogP) is 3.72. The standard InChI is InChI=1S/C20H18N2OS2/c1-2-15-8-10-16(11-9-15)21-20(24)18(22-12-4-3-5-13-22)19(23)17-7-6-14-25-17/h3-14H,2H2,1H3,(H-,21,23,24). The highest BCUT2D eigenvalue weighted by atomic mass is 32.1. The summed E-state index contributed by atoms with van der Waals surface area (Å²) in [6.45, 7) is 2.12. The van der Waals surface area contributed by atoms with E-state index in [1.165, 1.54) is 16.9 Å². The maximum atomic E-state index is 13.0. The molecule has 3 nitrogen and oxygen atoms in total. The Hall–Kier alpha value is -2.50. The Bertz CT molecular complexity index is 870. The van der Waals surface area contributed by atoms with Crippen LogP contribution in [0.1, 0.15) is 17.4 Å². The van der Waals surface area contributed by atoms with Gasteiger partial charge in [0.1, 0.15) is 0 Å². The van der Waals surface area contributed by atoms with Crippen molar-refractivity contribution in [3.8, 4) is 0 Å². The van der Waals surface area contributed by atoms with E-state index in [1.54, 1.807) is 4.57 Å². The largest absolute Gasteiger partial charge is 0.867 e. The van der Waals surface area contributed by atoms with E-state index in [2.05, 4.69) is 24.4 Å². The minimum absolute atomic E-state index is 0.0890. The second-order valence-corrected chi connectivity index (χ2v) is 6.80. The van der Waals surface area contributed by atoms with Crippen molar-refractivity contribution in [1.82, 2.24) is 0 Å². The molecular formula is C20H18N2OS2. The number of nitrogens with zero attached hydrogens (tertiary/aromatic N) is 1. The molecule has 0 aliphatic heterocycles. The number of thiophene rings is 1. The maximum Gasteiger partial charge on any atom is 0.239 e. The third-order valence-corrected chi connectivity index (χ3v) is 4.93. The summed E-state index contributed by atoms with van der Waals surface area (Å²) in [4.78, 5) is 1.07. The average Bonchev–Trinajstić information content (AvgIpc) is 3.18. The number of aryl methyl sites for hydroxylation is 1. The van der Waals surface area contributed by atoms with E-state index in [9.17, 15) is 5.11 Å². The molecule has 3 rings (SSSR count). The summed E-state index contributed by atoms with van der Waals surface area (Å²) in [5, 5.41) is 18.0. The number of anilines is 1. The summed E-state index contributed by atoms with van der Waals surface area (Å²) in [7, 11) is 0. The molecule has 2 aromatic heterocycles. The van der Waals surface area contributed by atoms with Crippen LogP contribution in [0.25, 0.3) is 11.5 Å². The zero-order valence-electron chi connectivity index (χ0n) is 13.8. The predicted molar refractivity (Wildman–Crippen MR) is 106 cm³/mol. The van der Waals surface area contributed by atoms with Gasteiger partial charge in [0.05, 0.1) is 0 Å². The Labute approximate surface area is 156 Å². The lowest BCUT2D eigenvalue weighted by Gasteiger charge is -2.15. The van der Waals surface area contributed by atoms with Crippen molar-refractivity contribution in [2.24, 2.45) is 0 Å². The van der Waals surface area contributed by atoms with E-state index in [4.69, 9.17) is 12.2 Å². The number of rotatable bonds is 5. The van der Waals surface area contributed by atoms with Crippen LogP contribution in [0.3, 0.4) is 0 Å². The molecule has 0 amide bonds. The van der Waals surface area contributed by atoms with Gasteiger partial charge in [-0.3, -0.25) is 0 Å². The number of benzene rings is 1. The summed E-state index contributed by atoms with van der Waals surface area (Å²) in [6, 6.07) is 17.4. The Morgan fingerprint density at radius 3 is 2.40 bits per heavy atom. The smallest absolute Gasteiger partial charge is 0.239 e. The number of aromatic nitrogens is 1. The molecule has 0 unspecified atom stereocenters. The minimum Gasteiger partial charge on any atom is -0.867 e. The third-order valence-electron chi connectivity index (χ3n) is 3.77. The molecule has 2 heterocycles. The molecule has 1 N–H and O–H groups in total. The van der Waals surface area contributed by atoms with Gasteiger partial charge in [-0.05, 0) is 41.3 Å². The molecule has 0 spiro atoms. The molecule has 0 bridgehead atoms. The first-order valence-corrected chi connectivity index (χ1v) is 9.30. The third kappa shape index (κ3) is 4.13. The second-order valence-electron chi connectivity index (χ2n) is 5.44. The first-order valence-electron chi connectivity index (χ1n) is 8.01. The highest BCUT2D eigenvalue weighted by molar-refractivity contribution is 7.81. The molecule has 5 heteroatoms. The number of thiocarbonyl (C=S) groups is 1. The Balaban J connectivity index is 1.96. The zero-order valence-corrected chi connectivity index (χ0v) is 15.4. The van der Waals surface area contributed by atoms with Gasteiger partial charge in [0.25, 0.3) is 0 Å². The molecule has 0 saturated carbocycles. The zero-order chi connectivity index (χ0) is 17.6. The summed E-state index contributed by atoms with van der Waals surface area (Å²) in [5.74, 6) is -0.0890. The Kier molecular flexibility index (Phi) is 5.58. The highest BCUT2D eigenvalue weighted by Gasteiger charge is 2.18. The number of nitrogens with one attached hydrogen (secondary N) is 1. The van der Waals surface area contributed by atoms with Crippen LogP contribution < -0.4 is 15.0 Å². The van der Waals surface area contributed by atoms with Crippen molar-refractivity contribution < 1.29 is 9.67 Å². The van der Waals surface area contributed by atoms with Crippen molar-refractivity contribution in [1.29, 1.82) is 0 Å². The summed E-state index contributed by atoms with van der Waals surface area (Å²) in [6.07, 6.45) is 4.64. The fourth-order valence-electron chi connectivity index (χ4n) is 2.42. The molecule has 0 aliphatic carbocycles. The second kappa shape index (κ2) is 8.05. The van der Waals surface area contributed by atoms with E-state index < -0.39 is 0 Å². The van der Waals surface area contributed by atoms with Crippen molar-refractivity contribution in [3.63, 3.8) is 0 Å². The molecule has 0 aliphatic rings. The van der Waals surface area contributed by atoms with Crippen LogP contribution in [0.2, 0.25) is 0 Å². The Morgan fingerprint density at radius 1 is 1.08 bits per heavy atom. The molecule has 0 atom stereocenters. The molecule has 1 aromatic carbocycles.